The van der Waals surface area contributed by atoms with Crippen LogP contribution in [0.2, 0.25) is 5.15 Å². The molecule has 1 rings (SSSR count). The number of ether oxygens (including phenoxy) is 2. The summed E-state index contributed by atoms with van der Waals surface area (Å²) in [5, 5.41) is 9.28. The summed E-state index contributed by atoms with van der Waals surface area (Å²) in [6.07, 6.45) is 0. The fourth-order valence-corrected chi connectivity index (χ4v) is 1.17. The van der Waals surface area contributed by atoms with E-state index in [4.69, 9.17) is 26.2 Å². The molecule has 0 saturated carbocycles. The van der Waals surface area contributed by atoms with E-state index < -0.39 is 0 Å². The number of aromatic nitrogens is 1. The number of hydrogen-bond donors (Lipinski definition) is 1. The van der Waals surface area contributed by atoms with Crippen LogP contribution < -0.4 is 9.47 Å². The van der Waals surface area contributed by atoms with Gasteiger partial charge in [0.05, 0.1) is 26.4 Å². The quantitative estimate of drug-likeness (QED) is 0.752. The summed E-state index contributed by atoms with van der Waals surface area (Å²) in [6, 6.07) is 1.52. The smallest absolute Gasteiger partial charge is 0.223 e. The van der Waals surface area contributed by atoms with Crippen molar-refractivity contribution in [2.45, 2.75) is 6.61 Å². The molecule has 0 bridgehead atoms. The van der Waals surface area contributed by atoms with Gasteiger partial charge in [-0.2, -0.15) is 0 Å². The summed E-state index contributed by atoms with van der Waals surface area (Å²) in [7, 11) is 2.95. The van der Waals surface area contributed by atoms with Crippen LogP contribution >= 0.6 is 11.6 Å². The Morgan fingerprint density at radius 2 is 2.15 bits per heavy atom. The van der Waals surface area contributed by atoms with Crippen LogP contribution in [0.4, 0.5) is 0 Å². The molecule has 0 unspecified atom stereocenters. The molecule has 0 fully saturated rings. The zero-order chi connectivity index (χ0) is 9.84. The maximum Gasteiger partial charge on any atom is 0.223 e. The molecule has 1 N–H and O–H groups in total. The van der Waals surface area contributed by atoms with Gasteiger partial charge in [0.15, 0.2) is 0 Å². The van der Waals surface area contributed by atoms with E-state index in [1.54, 1.807) is 0 Å². The van der Waals surface area contributed by atoms with Gasteiger partial charge in [-0.05, 0) is 0 Å². The molecule has 0 amide bonds. The van der Waals surface area contributed by atoms with Crippen LogP contribution in [0.5, 0.6) is 11.6 Å². The number of aliphatic hydroxyl groups is 1. The fraction of sp³-hybridized carbons (Fsp3) is 0.375. The van der Waals surface area contributed by atoms with Crippen LogP contribution in [-0.2, 0) is 6.61 Å². The van der Waals surface area contributed by atoms with Gasteiger partial charge in [0.25, 0.3) is 0 Å². The lowest BCUT2D eigenvalue weighted by Crippen LogP contribution is -1.99. The molecule has 1 aromatic rings. The Kier molecular flexibility index (Phi) is 3.33. The highest BCUT2D eigenvalue weighted by Gasteiger charge is 2.11. The second kappa shape index (κ2) is 4.30. The Bertz CT molecular complexity index is 278. The summed E-state index contributed by atoms with van der Waals surface area (Å²) in [6.45, 7) is -0.198. The average Bonchev–Trinajstić information content (AvgIpc) is 2.16. The summed E-state index contributed by atoms with van der Waals surface area (Å²) < 4.78 is 9.92. The van der Waals surface area contributed by atoms with E-state index in [9.17, 15) is 0 Å². The van der Waals surface area contributed by atoms with Crippen molar-refractivity contribution in [3.8, 4) is 11.6 Å². The molecular weight excluding hydrogens is 194 g/mol. The zero-order valence-corrected chi connectivity index (χ0v) is 8.13. The number of methoxy groups -OCH3 is 2. The van der Waals surface area contributed by atoms with Gasteiger partial charge in [0.1, 0.15) is 10.9 Å². The van der Waals surface area contributed by atoms with Gasteiger partial charge >= 0.3 is 0 Å². The Hall–Kier alpha value is -1.00. The van der Waals surface area contributed by atoms with Crippen molar-refractivity contribution in [3.05, 3.63) is 16.8 Å². The first-order chi connectivity index (χ1) is 6.22. The van der Waals surface area contributed by atoms with Crippen LogP contribution in [0.15, 0.2) is 6.07 Å². The molecule has 0 aliphatic carbocycles. The van der Waals surface area contributed by atoms with E-state index in [1.165, 1.54) is 20.3 Å². The molecule has 0 aliphatic heterocycles. The van der Waals surface area contributed by atoms with E-state index in [0.717, 1.165) is 0 Å². The zero-order valence-electron chi connectivity index (χ0n) is 7.37. The van der Waals surface area contributed by atoms with Crippen molar-refractivity contribution in [2.75, 3.05) is 14.2 Å². The topological polar surface area (TPSA) is 51.6 Å². The van der Waals surface area contributed by atoms with E-state index in [0.29, 0.717) is 11.3 Å². The summed E-state index contributed by atoms with van der Waals surface area (Å²) in [5.41, 5.74) is 0.495. The number of rotatable bonds is 3. The normalized spacial score (nSPS) is 9.85. The van der Waals surface area contributed by atoms with E-state index >= 15 is 0 Å². The number of aliphatic hydroxyl groups excluding tert-OH is 1. The third-order valence-corrected chi connectivity index (χ3v) is 1.78. The van der Waals surface area contributed by atoms with Gasteiger partial charge in [-0.3, -0.25) is 0 Å². The van der Waals surface area contributed by atoms with Gasteiger partial charge in [0.2, 0.25) is 5.88 Å². The Labute approximate surface area is 81.1 Å². The lowest BCUT2D eigenvalue weighted by atomic mass is 10.2. The Morgan fingerprint density at radius 1 is 1.46 bits per heavy atom. The number of hydrogen-bond acceptors (Lipinski definition) is 4. The van der Waals surface area contributed by atoms with Gasteiger partial charge in [-0.15, -0.1) is 0 Å². The molecule has 0 aromatic carbocycles. The predicted octanol–water partition coefficient (Wildman–Crippen LogP) is 1.24. The highest BCUT2D eigenvalue weighted by Crippen LogP contribution is 2.29. The third kappa shape index (κ3) is 2.02. The molecule has 13 heavy (non-hydrogen) atoms. The largest absolute Gasteiger partial charge is 0.496 e. The minimum absolute atomic E-state index is 0.198. The summed E-state index contributed by atoms with van der Waals surface area (Å²) in [4.78, 5) is 3.87. The van der Waals surface area contributed by atoms with Crippen molar-refractivity contribution >= 4 is 11.6 Å². The maximum absolute atomic E-state index is 9.01. The van der Waals surface area contributed by atoms with Crippen LogP contribution in [0.25, 0.3) is 0 Å². The van der Waals surface area contributed by atoms with Crippen LogP contribution in [0, 0.1) is 0 Å². The van der Waals surface area contributed by atoms with Crippen LogP contribution in [-0.4, -0.2) is 24.3 Å². The predicted molar refractivity (Wildman–Crippen MR) is 48.3 cm³/mol. The average molecular weight is 204 g/mol. The molecule has 1 aromatic heterocycles. The van der Waals surface area contributed by atoms with Gasteiger partial charge in [-0.25, -0.2) is 4.98 Å². The second-order valence-corrected chi connectivity index (χ2v) is 2.68. The molecule has 0 aliphatic rings. The van der Waals surface area contributed by atoms with Gasteiger partial charge < -0.3 is 14.6 Å². The van der Waals surface area contributed by atoms with Crippen molar-refractivity contribution in [1.82, 2.24) is 4.98 Å². The van der Waals surface area contributed by atoms with Gasteiger partial charge in [-0.1, -0.05) is 11.6 Å². The van der Waals surface area contributed by atoms with E-state index in [1.807, 2.05) is 0 Å². The van der Waals surface area contributed by atoms with Crippen LogP contribution in [0.1, 0.15) is 5.56 Å². The molecule has 0 radical (unpaired) electrons. The SMILES string of the molecule is COc1cc(Cl)nc(OC)c1CO. The Balaban J connectivity index is 3.25. The second-order valence-electron chi connectivity index (χ2n) is 2.29. The lowest BCUT2D eigenvalue weighted by Gasteiger charge is -2.09. The third-order valence-electron chi connectivity index (χ3n) is 1.59. The molecule has 5 heteroatoms. The molecule has 72 valence electrons. The van der Waals surface area contributed by atoms with E-state index in [-0.39, 0.29) is 17.6 Å². The number of pyridine rings is 1. The van der Waals surface area contributed by atoms with E-state index in [2.05, 4.69) is 4.98 Å². The molecule has 1 heterocycles. The minimum Gasteiger partial charge on any atom is -0.496 e. The van der Waals surface area contributed by atoms with Crippen molar-refractivity contribution in [2.24, 2.45) is 0 Å². The Morgan fingerprint density at radius 3 is 2.62 bits per heavy atom. The number of halogens is 1. The fourth-order valence-electron chi connectivity index (χ4n) is 0.994. The molecule has 0 atom stereocenters. The first-order valence-electron chi connectivity index (χ1n) is 3.61. The monoisotopic (exact) mass is 203 g/mol. The first-order valence-corrected chi connectivity index (χ1v) is 3.99. The number of nitrogens with zero attached hydrogens (tertiary/aromatic N) is 1. The highest BCUT2D eigenvalue weighted by molar-refractivity contribution is 6.29. The summed E-state index contributed by atoms with van der Waals surface area (Å²) in [5.74, 6) is 0.756. The summed E-state index contributed by atoms with van der Waals surface area (Å²) >= 11 is 5.68. The minimum atomic E-state index is -0.198. The lowest BCUT2D eigenvalue weighted by molar-refractivity contribution is 0.262. The standard InChI is InChI=1S/C8H10ClNO3/c1-12-6-3-7(9)10-8(13-2)5(6)4-11/h3,11H,4H2,1-2H3. The maximum atomic E-state index is 9.01. The first kappa shape index (κ1) is 10.1. The van der Waals surface area contributed by atoms with Crippen molar-refractivity contribution < 1.29 is 14.6 Å². The highest BCUT2D eigenvalue weighted by atomic mass is 35.5. The van der Waals surface area contributed by atoms with Crippen molar-refractivity contribution in [1.29, 1.82) is 0 Å². The van der Waals surface area contributed by atoms with Gasteiger partial charge in [0, 0.05) is 6.07 Å². The molecule has 0 spiro atoms. The molecule has 0 saturated heterocycles. The molecular formula is C8H10ClNO3. The van der Waals surface area contributed by atoms with Crippen LogP contribution in [0.3, 0.4) is 0 Å². The van der Waals surface area contributed by atoms with Crippen molar-refractivity contribution in [3.63, 3.8) is 0 Å². The molecule has 4 nitrogen and oxygen atoms in total.